The Labute approximate surface area is 129 Å². The first-order valence-electron chi connectivity index (χ1n) is 6.90. The van der Waals surface area contributed by atoms with E-state index >= 15 is 0 Å². The lowest BCUT2D eigenvalue weighted by Crippen LogP contribution is -2.31. The molecule has 8 heteroatoms. The third-order valence-electron chi connectivity index (χ3n) is 3.42. The van der Waals surface area contributed by atoms with E-state index in [2.05, 4.69) is 20.0 Å². The molecule has 0 spiro atoms. The van der Waals surface area contributed by atoms with Gasteiger partial charge in [0.05, 0.1) is 11.4 Å². The molecule has 21 heavy (non-hydrogen) atoms. The summed E-state index contributed by atoms with van der Waals surface area (Å²) in [7, 11) is -3.23. The third-order valence-corrected chi connectivity index (χ3v) is 5.02. The van der Waals surface area contributed by atoms with Gasteiger partial charge in [0.15, 0.2) is 0 Å². The minimum Gasteiger partial charge on any atom is -0.368 e. The molecule has 0 bridgehead atoms. The van der Waals surface area contributed by atoms with Gasteiger partial charge in [-0.2, -0.15) is 0 Å². The summed E-state index contributed by atoms with van der Waals surface area (Å²) in [5.74, 6) is 0.617. The molecule has 0 aromatic carbocycles. The maximum Gasteiger partial charge on any atom is 0.224 e. The Morgan fingerprint density at radius 2 is 2.14 bits per heavy atom. The van der Waals surface area contributed by atoms with Crippen LogP contribution in [0.4, 0.5) is 5.82 Å². The number of nitrogens with one attached hydrogen (secondary N) is 2. The molecule has 0 atom stereocenters. The van der Waals surface area contributed by atoms with Gasteiger partial charge in [-0.25, -0.2) is 23.1 Å². The SMILES string of the molecule is CC1=Cc2c(nc(Cl)nc2NCCS(=O)(=O)NC2CC2)C1. The fraction of sp³-hybridized carbons (Fsp3) is 0.538. The fourth-order valence-electron chi connectivity index (χ4n) is 2.29. The minimum atomic E-state index is -3.23. The molecule has 3 rings (SSSR count). The van der Waals surface area contributed by atoms with Crippen LogP contribution >= 0.6 is 11.6 Å². The second-order valence-electron chi connectivity index (χ2n) is 5.51. The molecular weight excluding hydrogens is 312 g/mol. The summed E-state index contributed by atoms with van der Waals surface area (Å²) in [5.41, 5.74) is 2.98. The molecule has 1 fully saturated rings. The Kier molecular flexibility index (Phi) is 3.90. The highest BCUT2D eigenvalue weighted by atomic mass is 35.5. The molecule has 2 N–H and O–H groups in total. The molecule has 0 saturated heterocycles. The standard InChI is InChI=1S/C13H17ClN4O2S/c1-8-6-10-11(7-8)16-13(14)17-12(10)15-4-5-21(19,20)18-9-2-3-9/h6,9,18H,2-5,7H2,1H3,(H,15,16,17). The van der Waals surface area contributed by atoms with Gasteiger partial charge in [0.25, 0.3) is 0 Å². The molecule has 114 valence electrons. The van der Waals surface area contributed by atoms with Crippen LogP contribution in [-0.4, -0.2) is 36.7 Å². The number of hydrogen-bond acceptors (Lipinski definition) is 5. The largest absolute Gasteiger partial charge is 0.368 e. The van der Waals surface area contributed by atoms with E-state index in [0.29, 0.717) is 5.82 Å². The quantitative estimate of drug-likeness (QED) is 0.775. The lowest BCUT2D eigenvalue weighted by Gasteiger charge is -2.10. The number of halogens is 1. The second-order valence-corrected chi connectivity index (χ2v) is 7.72. The summed E-state index contributed by atoms with van der Waals surface area (Å²) in [6.07, 6.45) is 4.64. The lowest BCUT2D eigenvalue weighted by molar-refractivity contribution is 0.581. The van der Waals surface area contributed by atoms with Crippen molar-refractivity contribution in [2.75, 3.05) is 17.6 Å². The molecule has 2 aliphatic carbocycles. The Hall–Kier alpha value is -1.18. The van der Waals surface area contributed by atoms with Crippen molar-refractivity contribution in [1.82, 2.24) is 14.7 Å². The smallest absolute Gasteiger partial charge is 0.224 e. The van der Waals surface area contributed by atoms with Crippen molar-refractivity contribution in [2.24, 2.45) is 0 Å². The number of hydrogen-bond donors (Lipinski definition) is 2. The summed E-state index contributed by atoms with van der Waals surface area (Å²) in [4.78, 5) is 8.36. The van der Waals surface area contributed by atoms with Gasteiger partial charge in [0.2, 0.25) is 15.3 Å². The van der Waals surface area contributed by atoms with Gasteiger partial charge >= 0.3 is 0 Å². The van der Waals surface area contributed by atoms with Gasteiger partial charge in [0, 0.05) is 24.6 Å². The van der Waals surface area contributed by atoms with Crippen LogP contribution in [0.3, 0.4) is 0 Å². The first-order chi connectivity index (χ1) is 9.93. The summed E-state index contributed by atoms with van der Waals surface area (Å²) < 4.78 is 26.3. The van der Waals surface area contributed by atoms with Crippen LogP contribution in [0.2, 0.25) is 5.28 Å². The zero-order chi connectivity index (χ0) is 15.0. The van der Waals surface area contributed by atoms with Crippen LogP contribution in [-0.2, 0) is 16.4 Å². The van der Waals surface area contributed by atoms with Crippen LogP contribution in [0.5, 0.6) is 0 Å². The van der Waals surface area contributed by atoms with Crippen molar-refractivity contribution in [3.63, 3.8) is 0 Å². The second kappa shape index (κ2) is 5.55. The van der Waals surface area contributed by atoms with Gasteiger partial charge in [-0.05, 0) is 31.4 Å². The molecule has 2 aliphatic rings. The molecule has 0 radical (unpaired) electrons. The Balaban J connectivity index is 1.65. The topological polar surface area (TPSA) is 84.0 Å². The first kappa shape index (κ1) is 14.7. The van der Waals surface area contributed by atoms with Crippen molar-refractivity contribution >= 4 is 33.5 Å². The highest BCUT2D eigenvalue weighted by molar-refractivity contribution is 7.89. The summed E-state index contributed by atoms with van der Waals surface area (Å²) in [6, 6.07) is 0.137. The number of fused-ring (bicyclic) bond motifs is 1. The Bertz CT molecular complexity index is 698. The van der Waals surface area contributed by atoms with E-state index in [1.807, 2.05) is 13.0 Å². The van der Waals surface area contributed by atoms with Crippen molar-refractivity contribution in [3.8, 4) is 0 Å². The molecule has 6 nitrogen and oxygen atoms in total. The molecular formula is C13H17ClN4O2S. The molecule has 0 unspecified atom stereocenters. The number of nitrogens with zero attached hydrogens (tertiary/aromatic N) is 2. The zero-order valence-electron chi connectivity index (χ0n) is 11.7. The molecule has 0 aliphatic heterocycles. The number of aromatic nitrogens is 2. The van der Waals surface area contributed by atoms with Gasteiger partial charge in [-0.15, -0.1) is 0 Å². The van der Waals surface area contributed by atoms with Gasteiger partial charge < -0.3 is 5.32 Å². The van der Waals surface area contributed by atoms with E-state index in [0.717, 1.165) is 30.5 Å². The molecule has 1 saturated carbocycles. The van der Waals surface area contributed by atoms with Crippen molar-refractivity contribution < 1.29 is 8.42 Å². The normalized spacial score (nSPS) is 17.5. The van der Waals surface area contributed by atoms with Gasteiger partial charge in [0.1, 0.15) is 5.82 Å². The van der Waals surface area contributed by atoms with E-state index < -0.39 is 10.0 Å². The fourth-order valence-corrected chi connectivity index (χ4v) is 3.71. The van der Waals surface area contributed by atoms with Crippen LogP contribution in [0.25, 0.3) is 6.08 Å². The summed E-state index contributed by atoms with van der Waals surface area (Å²) >= 11 is 5.91. The van der Waals surface area contributed by atoms with E-state index in [9.17, 15) is 8.42 Å². The van der Waals surface area contributed by atoms with Crippen molar-refractivity contribution in [3.05, 3.63) is 22.1 Å². The molecule has 1 aromatic heterocycles. The van der Waals surface area contributed by atoms with E-state index in [4.69, 9.17) is 11.6 Å². The first-order valence-corrected chi connectivity index (χ1v) is 8.93. The monoisotopic (exact) mass is 328 g/mol. The molecule has 1 heterocycles. The molecule has 1 aromatic rings. The number of sulfonamides is 1. The highest BCUT2D eigenvalue weighted by Crippen LogP contribution is 2.29. The Morgan fingerprint density at radius 3 is 2.86 bits per heavy atom. The van der Waals surface area contributed by atoms with E-state index in [1.165, 1.54) is 5.57 Å². The van der Waals surface area contributed by atoms with Crippen LogP contribution in [0, 0.1) is 0 Å². The Morgan fingerprint density at radius 1 is 1.38 bits per heavy atom. The average Bonchev–Trinajstić information content (AvgIpc) is 3.08. The van der Waals surface area contributed by atoms with Gasteiger partial charge in [-0.1, -0.05) is 11.6 Å². The number of anilines is 1. The van der Waals surface area contributed by atoms with Crippen molar-refractivity contribution in [1.29, 1.82) is 0 Å². The number of allylic oxidation sites excluding steroid dienone is 1. The van der Waals surface area contributed by atoms with Crippen molar-refractivity contribution in [2.45, 2.75) is 32.2 Å². The minimum absolute atomic E-state index is 0.0165. The highest BCUT2D eigenvalue weighted by Gasteiger charge is 2.26. The van der Waals surface area contributed by atoms with E-state index in [1.54, 1.807) is 0 Å². The summed E-state index contributed by atoms with van der Waals surface area (Å²) in [6.45, 7) is 2.30. The van der Waals surface area contributed by atoms with E-state index in [-0.39, 0.29) is 23.6 Å². The van der Waals surface area contributed by atoms with Gasteiger partial charge in [-0.3, -0.25) is 0 Å². The lowest BCUT2D eigenvalue weighted by atomic mass is 10.2. The average molecular weight is 329 g/mol. The van der Waals surface area contributed by atoms with Crippen LogP contribution in [0.15, 0.2) is 5.57 Å². The maximum absolute atomic E-state index is 11.8. The maximum atomic E-state index is 11.8. The third kappa shape index (κ3) is 3.72. The van der Waals surface area contributed by atoms with Crippen LogP contribution in [0.1, 0.15) is 31.0 Å². The number of rotatable bonds is 6. The van der Waals surface area contributed by atoms with Crippen LogP contribution < -0.4 is 10.0 Å². The predicted octanol–water partition coefficient (Wildman–Crippen LogP) is 1.58. The zero-order valence-corrected chi connectivity index (χ0v) is 13.3. The predicted molar refractivity (Wildman–Crippen MR) is 82.8 cm³/mol. The summed E-state index contributed by atoms with van der Waals surface area (Å²) in [5, 5.41) is 3.24. The molecule has 0 amide bonds.